The molecule has 1 N–H and O–H groups in total. The zero-order valence-corrected chi connectivity index (χ0v) is 11.3. The van der Waals surface area contributed by atoms with Gasteiger partial charge in [-0.15, -0.1) is 0 Å². The fourth-order valence-corrected chi connectivity index (χ4v) is 2.91. The maximum atomic E-state index is 13.4. The number of hydrogen-bond acceptors (Lipinski definition) is 1. The highest BCUT2D eigenvalue weighted by molar-refractivity contribution is 6.74. The summed E-state index contributed by atoms with van der Waals surface area (Å²) < 4.78 is 26.8. The van der Waals surface area contributed by atoms with Crippen LogP contribution in [0.5, 0.6) is 5.75 Å². The van der Waals surface area contributed by atoms with E-state index in [1.807, 2.05) is 0 Å². The standard InChI is InChI=1S/C14H19BF2O/c1-13(2)7-15(8-14(13,3)4)9-5-10(16)12(18)11(17)6-9/h5-6,18H,7-8H2,1-4H3. The highest BCUT2D eigenvalue weighted by atomic mass is 19.1. The molecule has 1 aliphatic rings. The van der Waals surface area contributed by atoms with Crippen molar-refractivity contribution in [3.05, 3.63) is 23.8 Å². The Balaban J connectivity index is 2.36. The van der Waals surface area contributed by atoms with Gasteiger partial charge in [-0.2, -0.15) is 0 Å². The molecule has 1 heterocycles. The molecule has 1 saturated heterocycles. The van der Waals surface area contributed by atoms with Gasteiger partial charge in [-0.05, 0) is 23.0 Å². The van der Waals surface area contributed by atoms with E-state index in [0.717, 1.165) is 12.6 Å². The van der Waals surface area contributed by atoms with Crippen molar-refractivity contribution in [2.45, 2.75) is 40.3 Å². The van der Waals surface area contributed by atoms with Gasteiger partial charge in [-0.1, -0.05) is 45.8 Å². The van der Waals surface area contributed by atoms with Crippen molar-refractivity contribution in [2.24, 2.45) is 10.8 Å². The predicted octanol–water partition coefficient (Wildman–Crippen LogP) is 3.44. The molecule has 1 aromatic rings. The van der Waals surface area contributed by atoms with E-state index >= 15 is 0 Å². The van der Waals surface area contributed by atoms with Gasteiger partial charge in [0.05, 0.1) is 0 Å². The predicted molar refractivity (Wildman–Crippen MR) is 70.6 cm³/mol. The minimum Gasteiger partial charge on any atom is -0.503 e. The zero-order valence-electron chi connectivity index (χ0n) is 11.3. The van der Waals surface area contributed by atoms with Crippen LogP contribution in [0.2, 0.25) is 12.6 Å². The van der Waals surface area contributed by atoms with E-state index in [9.17, 15) is 8.78 Å². The third-order valence-electron chi connectivity index (χ3n) is 4.86. The molecular weight excluding hydrogens is 233 g/mol. The first-order valence-electron chi connectivity index (χ1n) is 6.32. The number of aromatic hydroxyl groups is 1. The number of phenols is 1. The van der Waals surface area contributed by atoms with E-state index in [2.05, 4.69) is 27.7 Å². The van der Waals surface area contributed by atoms with Crippen LogP contribution in [0.4, 0.5) is 8.78 Å². The Morgan fingerprint density at radius 2 is 1.39 bits per heavy atom. The molecule has 0 bridgehead atoms. The number of halogens is 2. The molecular formula is C14H19BF2O. The monoisotopic (exact) mass is 252 g/mol. The second kappa shape index (κ2) is 3.97. The Morgan fingerprint density at radius 1 is 1.00 bits per heavy atom. The molecule has 0 unspecified atom stereocenters. The minimum absolute atomic E-state index is 0.141. The first-order chi connectivity index (χ1) is 8.14. The summed E-state index contributed by atoms with van der Waals surface area (Å²) in [5.74, 6) is -2.62. The molecule has 0 aliphatic carbocycles. The summed E-state index contributed by atoms with van der Waals surface area (Å²) in [4.78, 5) is 0. The first kappa shape index (κ1) is 13.4. The fraction of sp³-hybridized carbons (Fsp3) is 0.571. The molecule has 0 aromatic heterocycles. The number of phenolic OH excluding ortho intramolecular Hbond substituents is 1. The van der Waals surface area contributed by atoms with Crippen molar-refractivity contribution in [3.63, 3.8) is 0 Å². The van der Waals surface area contributed by atoms with E-state index in [4.69, 9.17) is 5.11 Å². The maximum absolute atomic E-state index is 13.4. The highest BCUT2D eigenvalue weighted by Gasteiger charge is 2.48. The molecule has 0 atom stereocenters. The summed E-state index contributed by atoms with van der Waals surface area (Å²) in [6, 6.07) is 2.53. The quantitative estimate of drug-likeness (QED) is 0.759. The molecule has 98 valence electrons. The summed E-state index contributed by atoms with van der Waals surface area (Å²) in [6.45, 7) is 8.93. The summed E-state index contributed by atoms with van der Waals surface area (Å²) >= 11 is 0. The van der Waals surface area contributed by atoms with Crippen molar-refractivity contribution in [1.29, 1.82) is 0 Å². The average molecular weight is 252 g/mol. The van der Waals surface area contributed by atoms with E-state index in [1.165, 1.54) is 12.1 Å². The van der Waals surface area contributed by atoms with Crippen LogP contribution in [0.1, 0.15) is 27.7 Å². The smallest absolute Gasteiger partial charge is 0.187 e. The van der Waals surface area contributed by atoms with Gasteiger partial charge in [0.1, 0.15) is 0 Å². The molecule has 0 amide bonds. The Kier molecular flexibility index (Phi) is 2.95. The van der Waals surface area contributed by atoms with Crippen LogP contribution in [0.3, 0.4) is 0 Å². The van der Waals surface area contributed by atoms with Gasteiger partial charge in [0.25, 0.3) is 0 Å². The Labute approximate surface area is 107 Å². The van der Waals surface area contributed by atoms with E-state index in [1.54, 1.807) is 0 Å². The van der Waals surface area contributed by atoms with Crippen LogP contribution in [0.25, 0.3) is 0 Å². The molecule has 18 heavy (non-hydrogen) atoms. The Bertz CT molecular complexity index is 444. The molecule has 0 radical (unpaired) electrons. The van der Waals surface area contributed by atoms with Crippen molar-refractivity contribution >= 4 is 12.2 Å². The second-order valence-electron chi connectivity index (χ2n) is 6.71. The van der Waals surface area contributed by atoms with Crippen LogP contribution in [0, 0.1) is 22.5 Å². The average Bonchev–Trinajstić information content (AvgIpc) is 2.44. The molecule has 1 fully saturated rings. The summed E-state index contributed by atoms with van der Waals surface area (Å²) in [5, 5.41) is 9.13. The highest BCUT2D eigenvalue weighted by Crippen LogP contribution is 2.52. The van der Waals surface area contributed by atoms with Gasteiger partial charge in [0, 0.05) is 0 Å². The van der Waals surface area contributed by atoms with Crippen LogP contribution in [0.15, 0.2) is 12.1 Å². The number of rotatable bonds is 1. The van der Waals surface area contributed by atoms with Crippen molar-refractivity contribution in [1.82, 2.24) is 0 Å². The maximum Gasteiger partial charge on any atom is 0.187 e. The van der Waals surface area contributed by atoms with Gasteiger partial charge in [0.2, 0.25) is 0 Å². The van der Waals surface area contributed by atoms with Crippen LogP contribution in [-0.4, -0.2) is 11.8 Å². The lowest BCUT2D eigenvalue weighted by Crippen LogP contribution is -2.28. The van der Waals surface area contributed by atoms with E-state index < -0.39 is 17.4 Å². The van der Waals surface area contributed by atoms with Gasteiger partial charge >= 0.3 is 0 Å². The van der Waals surface area contributed by atoms with E-state index in [0.29, 0.717) is 5.46 Å². The number of benzene rings is 1. The van der Waals surface area contributed by atoms with Gasteiger partial charge in [-0.3, -0.25) is 0 Å². The molecule has 1 aromatic carbocycles. The normalized spacial score (nSPS) is 21.3. The van der Waals surface area contributed by atoms with Gasteiger partial charge in [0.15, 0.2) is 24.1 Å². The molecule has 1 aliphatic heterocycles. The van der Waals surface area contributed by atoms with Gasteiger partial charge < -0.3 is 5.11 Å². The van der Waals surface area contributed by atoms with Gasteiger partial charge in [-0.25, -0.2) is 8.78 Å². The molecule has 2 rings (SSSR count). The summed E-state index contributed by atoms with van der Waals surface area (Å²) in [6.07, 6.45) is 1.81. The lowest BCUT2D eigenvalue weighted by molar-refractivity contribution is 0.177. The third-order valence-corrected chi connectivity index (χ3v) is 4.86. The molecule has 0 saturated carbocycles. The lowest BCUT2D eigenvalue weighted by Gasteiger charge is -2.35. The third kappa shape index (κ3) is 2.02. The minimum atomic E-state index is -0.879. The van der Waals surface area contributed by atoms with Crippen LogP contribution < -0.4 is 5.46 Å². The largest absolute Gasteiger partial charge is 0.503 e. The van der Waals surface area contributed by atoms with Crippen LogP contribution >= 0.6 is 0 Å². The van der Waals surface area contributed by atoms with Crippen molar-refractivity contribution in [2.75, 3.05) is 0 Å². The molecule has 4 heteroatoms. The zero-order chi connectivity index (χ0) is 13.7. The molecule has 0 spiro atoms. The SMILES string of the molecule is CC1(C)CB(c2cc(F)c(O)c(F)c2)CC1(C)C. The lowest BCUT2D eigenvalue weighted by atomic mass is 9.42. The Hall–Kier alpha value is -1.06. The first-order valence-corrected chi connectivity index (χ1v) is 6.32. The number of hydrogen-bond donors (Lipinski definition) is 1. The molecule has 1 nitrogen and oxygen atoms in total. The Morgan fingerprint density at radius 3 is 1.78 bits per heavy atom. The van der Waals surface area contributed by atoms with Crippen molar-refractivity contribution in [3.8, 4) is 5.75 Å². The van der Waals surface area contributed by atoms with E-state index in [-0.39, 0.29) is 17.5 Å². The summed E-state index contributed by atoms with van der Waals surface area (Å²) in [5.41, 5.74) is 0.937. The van der Waals surface area contributed by atoms with Crippen LogP contribution in [-0.2, 0) is 0 Å². The fourth-order valence-electron chi connectivity index (χ4n) is 2.91. The summed E-state index contributed by atoms with van der Waals surface area (Å²) in [7, 11) is 0. The second-order valence-corrected chi connectivity index (χ2v) is 6.71. The van der Waals surface area contributed by atoms with Crippen molar-refractivity contribution < 1.29 is 13.9 Å². The topological polar surface area (TPSA) is 20.2 Å².